The van der Waals surface area contributed by atoms with E-state index in [-0.39, 0.29) is 49.7 Å². The van der Waals surface area contributed by atoms with E-state index in [9.17, 15) is 18.4 Å². The Morgan fingerprint density at radius 1 is 0.548 bits per heavy atom. The standard InChI is InChI=1S/C19H15FN6O2.C19H15FN6O.C14H11BrFN5O.C11H16BNO2.CH4/c20-16-3-4-17-13(5-7-28-17)15(16)9-22-19-21-8-14(18-24-23-11-26(18)19)12-2-1-6-25(27)10-12;20-16-3-4-17-13(5-7-27-17)15(16)10-23-19-22-9-14(12-2-1-6-21-8-12)18-25-24-11-26(18)19;15-10-6-18-14(21-7-19-20-13(10)21)17-5-9-8-3-4-22-12(8)2-1-11(9)16;1-10(2)11(3,4)15-12(14-10)9-6-5-7-13-8-9;/h1-4,6,8,10-11H,5,7,9H2,(H,21,22);1-4,6,8-9,11H,5,7,10H2,(H,22,23);1-2,6-7H,3-5H2,(H,17,18);5-8H,1-4H3;1H4. The molecule has 24 nitrogen and oxygen atoms in total. The number of ether oxygens (including phenoxy) is 3. The molecule has 474 valence electrons. The predicted molar refractivity (Wildman–Crippen MR) is 343 cm³/mol. The highest BCUT2D eigenvalue weighted by atomic mass is 79.9. The number of hydrogen-bond acceptors (Lipinski definition) is 20. The molecule has 1 fully saturated rings. The van der Waals surface area contributed by atoms with Gasteiger partial charge in [0.25, 0.3) is 0 Å². The lowest BCUT2D eigenvalue weighted by Crippen LogP contribution is -2.41. The van der Waals surface area contributed by atoms with Crippen molar-refractivity contribution in [2.75, 3.05) is 35.8 Å². The number of pyridine rings is 3. The maximum atomic E-state index is 14.3. The van der Waals surface area contributed by atoms with Gasteiger partial charge in [-0.05, 0) is 98.2 Å². The molecule has 0 saturated carbocycles. The van der Waals surface area contributed by atoms with Gasteiger partial charge in [0.15, 0.2) is 29.3 Å². The first-order chi connectivity index (χ1) is 44.7. The number of nitrogens with one attached hydrogen (secondary N) is 3. The summed E-state index contributed by atoms with van der Waals surface area (Å²) in [6.45, 7) is 10.8. The molecule has 0 bridgehead atoms. The predicted octanol–water partition coefficient (Wildman–Crippen LogP) is 9.57. The summed E-state index contributed by atoms with van der Waals surface area (Å²) in [4.78, 5) is 21.4. The van der Waals surface area contributed by atoms with E-state index in [0.29, 0.717) is 108 Å². The van der Waals surface area contributed by atoms with Gasteiger partial charge >= 0.3 is 7.12 Å². The molecule has 0 radical (unpaired) electrons. The molecule has 12 aromatic rings. The number of fused-ring (bicyclic) bond motifs is 6. The van der Waals surface area contributed by atoms with Crippen LogP contribution in [0.15, 0.2) is 152 Å². The monoisotopic (exact) mass is 1320 g/mol. The number of rotatable bonds is 12. The number of hydrogen-bond donors (Lipinski definition) is 3. The summed E-state index contributed by atoms with van der Waals surface area (Å²) in [5.41, 5.74) is 9.83. The van der Waals surface area contributed by atoms with Crippen molar-refractivity contribution >= 4 is 63.3 Å². The van der Waals surface area contributed by atoms with Gasteiger partial charge in [0.1, 0.15) is 53.7 Å². The van der Waals surface area contributed by atoms with E-state index in [1.165, 1.54) is 36.9 Å². The van der Waals surface area contributed by atoms with Crippen LogP contribution in [0, 0.1) is 22.7 Å². The van der Waals surface area contributed by atoms with Gasteiger partial charge in [-0.1, -0.05) is 19.6 Å². The van der Waals surface area contributed by atoms with Crippen molar-refractivity contribution < 1.29 is 41.4 Å². The molecule has 4 aliphatic rings. The first-order valence-electron chi connectivity index (χ1n) is 29.3. The van der Waals surface area contributed by atoms with E-state index < -0.39 is 0 Å². The summed E-state index contributed by atoms with van der Waals surface area (Å²) in [6.07, 6.45) is 21.6. The van der Waals surface area contributed by atoms with Crippen molar-refractivity contribution in [2.45, 2.75) is 85.2 Å². The van der Waals surface area contributed by atoms with E-state index in [1.54, 1.807) is 99.6 Å². The van der Waals surface area contributed by atoms with Crippen molar-refractivity contribution in [2.24, 2.45) is 0 Å². The van der Waals surface area contributed by atoms with Crippen LogP contribution in [0.3, 0.4) is 0 Å². The summed E-state index contributed by atoms with van der Waals surface area (Å²) in [5, 5.41) is 45.2. The Morgan fingerprint density at radius 3 is 1.43 bits per heavy atom. The topological polar surface area (TPSA) is 264 Å². The Kier molecular flexibility index (Phi) is 18.1. The Balaban J connectivity index is 0.000000122. The van der Waals surface area contributed by atoms with Crippen molar-refractivity contribution in [1.82, 2.24) is 68.7 Å². The molecular formula is C64H61BBrF3N18O6. The summed E-state index contributed by atoms with van der Waals surface area (Å²) in [6, 6.07) is 20.4. The van der Waals surface area contributed by atoms with E-state index in [4.69, 9.17) is 23.5 Å². The molecule has 93 heavy (non-hydrogen) atoms. The third-order valence-corrected chi connectivity index (χ3v) is 16.9. The molecule has 9 aromatic heterocycles. The molecule has 3 aromatic carbocycles. The second-order valence-corrected chi connectivity index (χ2v) is 23.3. The van der Waals surface area contributed by atoms with Crippen molar-refractivity contribution in [3.8, 4) is 39.5 Å². The average Bonchev–Trinajstić information content (AvgIpc) is 1.89. The third kappa shape index (κ3) is 13.0. The van der Waals surface area contributed by atoms with Crippen LogP contribution in [0.2, 0.25) is 0 Å². The van der Waals surface area contributed by atoms with Gasteiger partial charge in [-0.25, -0.2) is 28.1 Å². The summed E-state index contributed by atoms with van der Waals surface area (Å²) in [5.74, 6) is 3.04. The lowest BCUT2D eigenvalue weighted by atomic mass is 9.80. The SMILES string of the molecule is C.CC1(C)OB(c2cccnc2)OC1(C)C.Fc1ccc2c(c1CNc1ncc(-c3cccnc3)c3nncn13)CCO2.Fc1ccc2c(c1CNc1ncc(Br)c3nncn13)CCO2.[O-][n+]1cccc(-c2cnc(NCc3c(F)ccc4c3CCO4)n3cnnc23)c1. The number of halogens is 4. The molecule has 0 aliphatic carbocycles. The molecule has 29 heteroatoms. The molecule has 0 atom stereocenters. The van der Waals surface area contributed by atoms with Crippen molar-refractivity contribution in [3.63, 3.8) is 0 Å². The van der Waals surface area contributed by atoms with Crippen LogP contribution in [0.25, 0.3) is 39.2 Å². The zero-order valence-corrected chi connectivity index (χ0v) is 51.6. The minimum absolute atomic E-state index is 0. The molecule has 13 heterocycles. The van der Waals surface area contributed by atoms with Crippen LogP contribution in [-0.2, 0) is 48.2 Å². The summed E-state index contributed by atoms with van der Waals surface area (Å²) >= 11 is 3.37. The Hall–Kier alpha value is -10.4. The quantitative estimate of drug-likeness (QED) is 0.0584. The molecule has 3 N–H and O–H groups in total. The van der Waals surface area contributed by atoms with Crippen LogP contribution in [-0.4, -0.2) is 107 Å². The number of aromatic nitrogens is 15. The van der Waals surface area contributed by atoms with Crippen LogP contribution in [0.4, 0.5) is 31.0 Å². The largest absolute Gasteiger partial charge is 0.619 e. The molecule has 16 rings (SSSR count). The maximum absolute atomic E-state index is 14.3. The molecule has 0 amide bonds. The zero-order valence-electron chi connectivity index (χ0n) is 50.0. The van der Waals surface area contributed by atoms with Gasteiger partial charge in [-0.2, -0.15) is 4.73 Å². The van der Waals surface area contributed by atoms with Gasteiger partial charge in [0.2, 0.25) is 17.8 Å². The van der Waals surface area contributed by atoms with E-state index in [1.807, 2.05) is 52.0 Å². The van der Waals surface area contributed by atoms with Crippen LogP contribution in [0.5, 0.6) is 17.2 Å². The Bertz CT molecular complexity index is 4650. The summed E-state index contributed by atoms with van der Waals surface area (Å²) < 4.78 is 77.7. The highest BCUT2D eigenvalue weighted by Gasteiger charge is 2.51. The van der Waals surface area contributed by atoms with Gasteiger partial charge in [-0.3, -0.25) is 23.2 Å². The average molecular weight is 1330 g/mol. The maximum Gasteiger partial charge on any atom is 0.496 e. The van der Waals surface area contributed by atoms with Crippen molar-refractivity contribution in [1.29, 1.82) is 0 Å². The molecule has 1 saturated heterocycles. The molecule has 0 spiro atoms. The Morgan fingerprint density at radius 2 is 0.978 bits per heavy atom. The first-order valence-corrected chi connectivity index (χ1v) is 30.0. The first kappa shape index (κ1) is 62.8. The normalized spacial score (nSPS) is 14.4. The minimum atomic E-state index is -0.302. The fourth-order valence-electron chi connectivity index (χ4n) is 10.9. The molecule has 0 unspecified atom stereocenters. The third-order valence-electron chi connectivity index (χ3n) is 16.3. The van der Waals surface area contributed by atoms with Gasteiger partial charge in [-0.15, -0.1) is 30.6 Å². The Labute approximate surface area is 539 Å². The van der Waals surface area contributed by atoms with Gasteiger partial charge in [0, 0.05) is 138 Å². The fraction of sp³-hybridized carbons (Fsp3) is 0.250. The lowest BCUT2D eigenvalue weighted by Gasteiger charge is -2.32. The minimum Gasteiger partial charge on any atom is -0.619 e. The van der Waals surface area contributed by atoms with Crippen LogP contribution < -0.4 is 40.4 Å². The van der Waals surface area contributed by atoms with Crippen molar-refractivity contribution in [3.05, 3.63) is 208 Å². The lowest BCUT2D eigenvalue weighted by molar-refractivity contribution is -0.604. The highest BCUT2D eigenvalue weighted by molar-refractivity contribution is 9.10. The van der Waals surface area contributed by atoms with Crippen LogP contribution >= 0.6 is 15.9 Å². The van der Waals surface area contributed by atoms with E-state index >= 15 is 0 Å². The molecule has 4 aliphatic heterocycles. The van der Waals surface area contributed by atoms with E-state index in [0.717, 1.165) is 66.2 Å². The fourth-order valence-corrected chi connectivity index (χ4v) is 11.3. The second kappa shape index (κ2) is 26.8. The smallest absolute Gasteiger partial charge is 0.496 e. The number of anilines is 3. The number of nitrogens with zero attached hydrogens (tertiary/aromatic N) is 15. The second-order valence-electron chi connectivity index (χ2n) is 22.4. The molecular weight excluding hydrogens is 1260 g/mol. The summed E-state index contributed by atoms with van der Waals surface area (Å²) in [7, 11) is -0.302. The van der Waals surface area contributed by atoms with Gasteiger partial charge < -0.3 is 44.7 Å². The number of benzene rings is 3. The van der Waals surface area contributed by atoms with Gasteiger partial charge in [0.05, 0.1) is 46.6 Å². The van der Waals surface area contributed by atoms with Crippen LogP contribution in [0.1, 0.15) is 68.5 Å². The highest BCUT2D eigenvalue weighted by Crippen LogP contribution is 2.37. The zero-order chi connectivity index (χ0) is 63.5. The van der Waals surface area contributed by atoms with E-state index in [2.05, 4.69) is 87.4 Å².